The molecule has 1 aliphatic rings. The van der Waals surface area contributed by atoms with Gasteiger partial charge in [-0.1, -0.05) is 26.0 Å². The Bertz CT molecular complexity index is 357. The average molecular weight is 251 g/mol. The molecule has 0 aromatic heterocycles. The lowest BCUT2D eigenvalue weighted by atomic mass is 9.76. The van der Waals surface area contributed by atoms with Gasteiger partial charge in [-0.05, 0) is 30.7 Å². The fraction of sp³-hybridized carbons (Fsp3) is 0.571. The van der Waals surface area contributed by atoms with Crippen LogP contribution in [0.25, 0.3) is 0 Å². The second-order valence-corrected chi connectivity index (χ2v) is 6.65. The summed E-state index contributed by atoms with van der Waals surface area (Å²) in [4.78, 5) is 1.34. The molecule has 0 atom stereocenters. The summed E-state index contributed by atoms with van der Waals surface area (Å²) in [5.41, 5.74) is 7.26. The van der Waals surface area contributed by atoms with E-state index >= 15 is 0 Å². The van der Waals surface area contributed by atoms with E-state index in [4.69, 9.17) is 10.5 Å². The Kier molecular flexibility index (Phi) is 4.13. The molecule has 0 amide bonds. The van der Waals surface area contributed by atoms with Crippen LogP contribution in [-0.2, 0) is 10.2 Å². The van der Waals surface area contributed by atoms with Crippen molar-refractivity contribution in [3.8, 4) is 0 Å². The molecule has 1 aromatic rings. The Labute approximate surface area is 108 Å². The molecule has 1 saturated heterocycles. The maximum absolute atomic E-state index is 5.70. The molecule has 1 aliphatic heterocycles. The Balaban J connectivity index is 2.11. The summed E-state index contributed by atoms with van der Waals surface area (Å²) in [5, 5.41) is 0.630. The summed E-state index contributed by atoms with van der Waals surface area (Å²) in [6.07, 6.45) is 1.02. The summed E-state index contributed by atoms with van der Waals surface area (Å²) in [6.45, 7) is 6.80. The monoisotopic (exact) mass is 251 g/mol. The van der Waals surface area contributed by atoms with Gasteiger partial charge in [0.05, 0.1) is 13.2 Å². The number of nitrogens with two attached hydrogens (primary N) is 1. The highest BCUT2D eigenvalue weighted by atomic mass is 32.2. The summed E-state index contributed by atoms with van der Waals surface area (Å²) >= 11 is 1.90. The maximum atomic E-state index is 5.70. The Morgan fingerprint density at radius 3 is 2.35 bits per heavy atom. The van der Waals surface area contributed by atoms with Crippen LogP contribution in [0.3, 0.4) is 0 Å². The van der Waals surface area contributed by atoms with Gasteiger partial charge < -0.3 is 10.5 Å². The van der Waals surface area contributed by atoms with Crippen molar-refractivity contribution in [3.63, 3.8) is 0 Å². The SMILES string of the molecule is CC(C)Sc1ccc(C2(CCN)COC2)cc1. The zero-order valence-electron chi connectivity index (χ0n) is 10.6. The number of hydrogen-bond donors (Lipinski definition) is 1. The first-order chi connectivity index (χ1) is 8.16. The van der Waals surface area contributed by atoms with Crippen LogP contribution in [0.2, 0.25) is 0 Å². The van der Waals surface area contributed by atoms with Crippen molar-refractivity contribution < 1.29 is 4.74 Å². The van der Waals surface area contributed by atoms with Crippen molar-refractivity contribution in [2.24, 2.45) is 5.73 Å². The highest BCUT2D eigenvalue weighted by molar-refractivity contribution is 7.99. The minimum absolute atomic E-state index is 0.190. The molecule has 0 unspecified atom stereocenters. The van der Waals surface area contributed by atoms with Crippen molar-refractivity contribution in [2.45, 2.75) is 35.8 Å². The van der Waals surface area contributed by atoms with Gasteiger partial charge >= 0.3 is 0 Å². The van der Waals surface area contributed by atoms with Gasteiger partial charge in [0.25, 0.3) is 0 Å². The fourth-order valence-corrected chi connectivity index (χ4v) is 3.08. The lowest BCUT2D eigenvalue weighted by Crippen LogP contribution is -2.48. The smallest absolute Gasteiger partial charge is 0.0586 e. The normalized spacial score (nSPS) is 18.1. The molecular weight excluding hydrogens is 230 g/mol. The molecule has 0 spiro atoms. The van der Waals surface area contributed by atoms with Crippen LogP contribution in [0.15, 0.2) is 29.2 Å². The van der Waals surface area contributed by atoms with Crippen LogP contribution >= 0.6 is 11.8 Å². The molecule has 2 nitrogen and oxygen atoms in total. The van der Waals surface area contributed by atoms with Crippen molar-refractivity contribution in [1.82, 2.24) is 0 Å². The lowest BCUT2D eigenvalue weighted by Gasteiger charge is -2.42. The second-order valence-electron chi connectivity index (χ2n) is 5.00. The third-order valence-electron chi connectivity index (χ3n) is 3.22. The molecule has 0 radical (unpaired) electrons. The largest absolute Gasteiger partial charge is 0.379 e. The minimum Gasteiger partial charge on any atom is -0.379 e. The molecular formula is C14H21NOS. The number of rotatable bonds is 5. The van der Waals surface area contributed by atoms with E-state index in [-0.39, 0.29) is 5.41 Å². The summed E-state index contributed by atoms with van der Waals surface area (Å²) < 4.78 is 5.38. The van der Waals surface area contributed by atoms with Crippen LogP contribution in [0.1, 0.15) is 25.8 Å². The van der Waals surface area contributed by atoms with Gasteiger partial charge in [0.15, 0.2) is 0 Å². The first kappa shape index (κ1) is 12.9. The van der Waals surface area contributed by atoms with Gasteiger partial charge in [0.2, 0.25) is 0 Å². The highest BCUT2D eigenvalue weighted by Crippen LogP contribution is 2.36. The van der Waals surface area contributed by atoms with E-state index in [0.29, 0.717) is 5.25 Å². The average Bonchev–Trinajstić information content (AvgIpc) is 2.24. The van der Waals surface area contributed by atoms with Crippen molar-refractivity contribution >= 4 is 11.8 Å². The predicted molar refractivity (Wildman–Crippen MR) is 73.6 cm³/mol. The first-order valence-electron chi connectivity index (χ1n) is 6.21. The molecule has 0 aliphatic carbocycles. The predicted octanol–water partition coefficient (Wildman–Crippen LogP) is 2.80. The number of ether oxygens (including phenoxy) is 1. The highest BCUT2D eigenvalue weighted by Gasteiger charge is 2.39. The Morgan fingerprint density at radius 1 is 1.29 bits per heavy atom. The zero-order valence-corrected chi connectivity index (χ0v) is 11.4. The number of hydrogen-bond acceptors (Lipinski definition) is 3. The topological polar surface area (TPSA) is 35.2 Å². The standard InChI is InChI=1S/C14H21NOS/c1-11(2)17-13-5-3-12(4-6-13)14(7-8-15)9-16-10-14/h3-6,11H,7-10,15H2,1-2H3. The Hall–Kier alpha value is -0.510. The van der Waals surface area contributed by atoms with E-state index in [2.05, 4.69) is 38.1 Å². The van der Waals surface area contributed by atoms with Crippen LogP contribution in [-0.4, -0.2) is 25.0 Å². The minimum atomic E-state index is 0.190. The van der Waals surface area contributed by atoms with Crippen LogP contribution in [0, 0.1) is 0 Å². The van der Waals surface area contributed by atoms with Crippen LogP contribution in [0.4, 0.5) is 0 Å². The van der Waals surface area contributed by atoms with Crippen LogP contribution in [0.5, 0.6) is 0 Å². The number of thioether (sulfide) groups is 1. The number of benzene rings is 1. The molecule has 0 bridgehead atoms. The molecule has 0 saturated carbocycles. The van der Waals surface area contributed by atoms with Gasteiger partial charge in [0, 0.05) is 15.6 Å². The van der Waals surface area contributed by atoms with E-state index in [0.717, 1.165) is 26.2 Å². The zero-order chi connectivity index (χ0) is 12.3. The van der Waals surface area contributed by atoms with Crippen LogP contribution < -0.4 is 5.73 Å². The van der Waals surface area contributed by atoms with Gasteiger partial charge in [-0.3, -0.25) is 0 Å². The van der Waals surface area contributed by atoms with E-state index in [1.54, 1.807) is 0 Å². The Morgan fingerprint density at radius 2 is 1.94 bits per heavy atom. The van der Waals surface area contributed by atoms with Gasteiger partial charge in [0.1, 0.15) is 0 Å². The van der Waals surface area contributed by atoms with Crippen molar-refractivity contribution in [3.05, 3.63) is 29.8 Å². The summed E-state index contributed by atoms with van der Waals surface area (Å²) in [5.74, 6) is 0. The lowest BCUT2D eigenvalue weighted by molar-refractivity contribution is -0.0631. The molecule has 1 fully saturated rings. The fourth-order valence-electron chi connectivity index (χ4n) is 2.24. The molecule has 94 valence electrons. The van der Waals surface area contributed by atoms with Gasteiger partial charge in [-0.15, -0.1) is 11.8 Å². The molecule has 1 aromatic carbocycles. The molecule has 1 heterocycles. The second kappa shape index (κ2) is 5.42. The summed E-state index contributed by atoms with van der Waals surface area (Å²) in [6, 6.07) is 8.92. The summed E-state index contributed by atoms with van der Waals surface area (Å²) in [7, 11) is 0. The molecule has 2 N–H and O–H groups in total. The van der Waals surface area contributed by atoms with E-state index < -0.39 is 0 Å². The van der Waals surface area contributed by atoms with Gasteiger partial charge in [-0.25, -0.2) is 0 Å². The van der Waals surface area contributed by atoms with E-state index in [9.17, 15) is 0 Å². The van der Waals surface area contributed by atoms with E-state index in [1.807, 2.05) is 11.8 Å². The third kappa shape index (κ3) is 2.84. The van der Waals surface area contributed by atoms with Crippen molar-refractivity contribution in [2.75, 3.05) is 19.8 Å². The van der Waals surface area contributed by atoms with E-state index in [1.165, 1.54) is 10.5 Å². The molecule has 17 heavy (non-hydrogen) atoms. The molecule has 3 heteroatoms. The molecule has 2 rings (SSSR count). The van der Waals surface area contributed by atoms with Gasteiger partial charge in [-0.2, -0.15) is 0 Å². The maximum Gasteiger partial charge on any atom is 0.0586 e. The third-order valence-corrected chi connectivity index (χ3v) is 4.23. The first-order valence-corrected chi connectivity index (χ1v) is 7.09. The van der Waals surface area contributed by atoms with Crippen molar-refractivity contribution in [1.29, 1.82) is 0 Å². The quantitative estimate of drug-likeness (QED) is 0.817.